The number of carbonyl (C=O) groups excluding carboxylic acids is 2. The van der Waals surface area contributed by atoms with Gasteiger partial charge in [-0.2, -0.15) is 5.10 Å². The lowest BCUT2D eigenvalue weighted by Gasteiger charge is -2.11. The van der Waals surface area contributed by atoms with Gasteiger partial charge in [-0.05, 0) is 38.1 Å². The molecule has 0 fully saturated rings. The first-order chi connectivity index (χ1) is 12.4. The molecule has 9 heteroatoms. The summed E-state index contributed by atoms with van der Waals surface area (Å²) < 4.78 is 1.04. The number of aromatic nitrogens is 1. The highest BCUT2D eigenvalue weighted by Gasteiger charge is 2.14. The number of anilines is 1. The topological polar surface area (TPSA) is 107 Å². The smallest absolute Gasteiger partial charge is 0.262 e. The van der Waals surface area contributed by atoms with Crippen LogP contribution in [0.3, 0.4) is 0 Å². The van der Waals surface area contributed by atoms with E-state index in [0.717, 1.165) is 21.6 Å². The van der Waals surface area contributed by atoms with E-state index in [1.54, 1.807) is 19.9 Å². The molecule has 0 unspecified atom stereocenters. The van der Waals surface area contributed by atoms with Gasteiger partial charge >= 0.3 is 0 Å². The van der Waals surface area contributed by atoms with E-state index in [2.05, 4.69) is 20.8 Å². The zero-order chi connectivity index (χ0) is 18.7. The van der Waals surface area contributed by atoms with Gasteiger partial charge in [0.25, 0.3) is 5.91 Å². The summed E-state index contributed by atoms with van der Waals surface area (Å²) in [5, 5.41) is 18.6. The molecule has 0 aliphatic heterocycles. The molecule has 134 valence electrons. The molecule has 0 aliphatic rings. The number of carbonyl (C=O) groups is 2. The van der Waals surface area contributed by atoms with Crippen LogP contribution in [0.4, 0.5) is 5.13 Å². The van der Waals surface area contributed by atoms with Gasteiger partial charge in [0.2, 0.25) is 0 Å². The van der Waals surface area contributed by atoms with Crippen LogP contribution in [0.1, 0.15) is 28.4 Å². The Hall–Kier alpha value is -2.78. The third kappa shape index (κ3) is 4.06. The number of para-hydroxylation sites is 1. The third-order valence-corrected chi connectivity index (χ3v) is 5.67. The van der Waals surface area contributed by atoms with E-state index in [0.29, 0.717) is 15.7 Å². The Kier molecular flexibility index (Phi) is 5.29. The van der Waals surface area contributed by atoms with Crippen LogP contribution in [-0.4, -0.2) is 28.6 Å². The fraction of sp³-hybridized carbons (Fsp3) is 0.176. The molecule has 2 heterocycles. The molecule has 26 heavy (non-hydrogen) atoms. The van der Waals surface area contributed by atoms with E-state index >= 15 is 0 Å². The second kappa shape index (κ2) is 7.63. The number of aromatic carboxylic acids is 1. The number of rotatable bonds is 6. The van der Waals surface area contributed by atoms with Crippen LogP contribution in [-0.2, 0) is 4.79 Å². The average Bonchev–Trinajstić information content (AvgIpc) is 3.25. The number of carboxylic acids is 1. The summed E-state index contributed by atoms with van der Waals surface area (Å²) >= 11 is 2.52. The Morgan fingerprint density at radius 1 is 1.15 bits per heavy atom. The summed E-state index contributed by atoms with van der Waals surface area (Å²) in [6.45, 7) is 3.41. The van der Waals surface area contributed by atoms with Gasteiger partial charge in [-0.1, -0.05) is 23.5 Å². The lowest BCUT2D eigenvalue weighted by molar-refractivity contribution is -0.254. The van der Waals surface area contributed by atoms with Gasteiger partial charge in [0.15, 0.2) is 5.13 Å². The van der Waals surface area contributed by atoms with Crippen molar-refractivity contribution in [3.63, 3.8) is 0 Å². The Morgan fingerprint density at radius 3 is 2.58 bits per heavy atom. The van der Waals surface area contributed by atoms with Crippen molar-refractivity contribution in [3.05, 3.63) is 46.2 Å². The third-order valence-electron chi connectivity index (χ3n) is 3.52. The van der Waals surface area contributed by atoms with E-state index < -0.39 is 12.0 Å². The van der Waals surface area contributed by atoms with Crippen LogP contribution < -0.4 is 15.8 Å². The van der Waals surface area contributed by atoms with Crippen molar-refractivity contribution in [1.82, 2.24) is 10.4 Å². The predicted octanol–water partition coefficient (Wildman–Crippen LogP) is 2.06. The summed E-state index contributed by atoms with van der Waals surface area (Å²) in [4.78, 5) is 28.2. The molecule has 0 spiro atoms. The lowest BCUT2D eigenvalue weighted by Crippen LogP contribution is -2.35. The predicted molar refractivity (Wildman–Crippen MR) is 102 cm³/mol. The highest BCUT2D eigenvalue weighted by atomic mass is 32.1. The van der Waals surface area contributed by atoms with E-state index in [1.165, 1.54) is 17.4 Å². The number of amides is 1. The number of nitrogens with zero attached hydrogens (tertiary/aromatic N) is 2. The van der Waals surface area contributed by atoms with Crippen molar-refractivity contribution >= 4 is 55.6 Å². The minimum absolute atomic E-state index is 0.117. The first kappa shape index (κ1) is 18.0. The molecule has 3 rings (SSSR count). The molecular weight excluding hydrogens is 372 g/mol. The Balaban J connectivity index is 1.61. The van der Waals surface area contributed by atoms with E-state index in [1.807, 2.05) is 24.3 Å². The maximum absolute atomic E-state index is 12.2. The number of thiazole rings is 1. The van der Waals surface area contributed by atoms with Crippen molar-refractivity contribution in [2.75, 3.05) is 5.32 Å². The monoisotopic (exact) mass is 387 g/mol. The lowest BCUT2D eigenvalue weighted by atomic mass is 10.3. The highest BCUT2D eigenvalue weighted by molar-refractivity contribution is 7.22. The SMILES string of the molecule is C/C(=N/NC(=O)[C@H](C)Nc1nc2ccccc2s1)c1ccc(C(=O)[O-])s1. The maximum atomic E-state index is 12.2. The standard InChI is InChI=1S/C17H16N4O3S2/c1-9(12-7-8-14(25-12)16(23)24)20-21-15(22)10(2)18-17-19-11-5-3-4-6-13(11)26-17/h3-8,10H,1-2H3,(H,18,19)(H,21,22)(H,23,24)/p-1/b20-9-/t10-/m0/s1. The zero-order valence-electron chi connectivity index (χ0n) is 14.0. The summed E-state index contributed by atoms with van der Waals surface area (Å²) in [6, 6.07) is 10.3. The molecule has 2 N–H and O–H groups in total. The Labute approximate surface area is 157 Å². The van der Waals surface area contributed by atoms with Gasteiger partial charge in [0.1, 0.15) is 6.04 Å². The highest BCUT2D eigenvalue weighted by Crippen LogP contribution is 2.25. The number of benzene rings is 1. The van der Waals surface area contributed by atoms with Crippen LogP contribution in [0.15, 0.2) is 41.5 Å². The molecule has 0 saturated heterocycles. The number of hydrazone groups is 1. The van der Waals surface area contributed by atoms with Crippen molar-refractivity contribution < 1.29 is 14.7 Å². The summed E-state index contributed by atoms with van der Waals surface area (Å²) in [6.07, 6.45) is 0. The van der Waals surface area contributed by atoms with Crippen LogP contribution >= 0.6 is 22.7 Å². The molecule has 3 aromatic rings. The van der Waals surface area contributed by atoms with Gasteiger partial charge in [-0.15, -0.1) is 11.3 Å². The average molecular weight is 387 g/mol. The molecule has 1 amide bonds. The summed E-state index contributed by atoms with van der Waals surface area (Å²) in [7, 11) is 0. The Morgan fingerprint density at radius 2 is 1.88 bits per heavy atom. The summed E-state index contributed by atoms with van der Waals surface area (Å²) in [5.41, 5.74) is 3.87. The van der Waals surface area contributed by atoms with Gasteiger partial charge in [-0.3, -0.25) is 4.79 Å². The molecule has 0 saturated carbocycles. The second-order valence-electron chi connectivity index (χ2n) is 5.48. The number of thiophene rings is 1. The number of carboxylic acid groups (broad SMARTS) is 1. The van der Waals surface area contributed by atoms with Gasteiger partial charge in [-0.25, -0.2) is 10.4 Å². The maximum Gasteiger partial charge on any atom is 0.262 e. The number of hydrogen-bond donors (Lipinski definition) is 2. The molecular formula is C17H15N4O3S2-. The van der Waals surface area contributed by atoms with Gasteiger partial charge in [0, 0.05) is 0 Å². The first-order valence-electron chi connectivity index (χ1n) is 7.72. The molecule has 2 aromatic heterocycles. The fourth-order valence-corrected chi connectivity index (χ4v) is 3.86. The second-order valence-corrected chi connectivity index (χ2v) is 7.59. The van der Waals surface area contributed by atoms with E-state index in [-0.39, 0.29) is 10.8 Å². The van der Waals surface area contributed by atoms with Gasteiger partial charge < -0.3 is 15.2 Å². The van der Waals surface area contributed by atoms with Crippen LogP contribution in [0, 0.1) is 0 Å². The first-order valence-corrected chi connectivity index (χ1v) is 9.35. The van der Waals surface area contributed by atoms with E-state index in [4.69, 9.17) is 0 Å². The number of fused-ring (bicyclic) bond motifs is 1. The fourth-order valence-electron chi connectivity index (χ4n) is 2.12. The molecule has 7 nitrogen and oxygen atoms in total. The van der Waals surface area contributed by atoms with Crippen molar-refractivity contribution in [2.45, 2.75) is 19.9 Å². The molecule has 1 atom stereocenters. The van der Waals surface area contributed by atoms with Gasteiger partial charge in [0.05, 0.1) is 31.7 Å². The molecule has 0 radical (unpaired) electrons. The number of hydrogen-bond acceptors (Lipinski definition) is 8. The minimum Gasteiger partial charge on any atom is -0.544 e. The zero-order valence-corrected chi connectivity index (χ0v) is 15.6. The van der Waals surface area contributed by atoms with Crippen LogP contribution in [0.25, 0.3) is 10.2 Å². The molecule has 0 aliphatic carbocycles. The summed E-state index contributed by atoms with van der Waals surface area (Å²) in [5.74, 6) is -1.55. The van der Waals surface area contributed by atoms with Crippen LogP contribution in [0.5, 0.6) is 0 Å². The molecule has 0 bridgehead atoms. The Bertz CT molecular complexity index is 960. The largest absolute Gasteiger partial charge is 0.544 e. The number of nitrogens with one attached hydrogen (secondary N) is 2. The normalized spacial score (nSPS) is 12.8. The van der Waals surface area contributed by atoms with Crippen LogP contribution in [0.2, 0.25) is 0 Å². The van der Waals surface area contributed by atoms with E-state index in [9.17, 15) is 14.7 Å². The van der Waals surface area contributed by atoms with Crippen molar-refractivity contribution in [3.8, 4) is 0 Å². The molecule has 1 aromatic carbocycles. The minimum atomic E-state index is -1.23. The van der Waals surface area contributed by atoms with Crippen molar-refractivity contribution in [2.24, 2.45) is 5.10 Å². The quantitative estimate of drug-likeness (QED) is 0.497. The van der Waals surface area contributed by atoms with Crippen molar-refractivity contribution in [1.29, 1.82) is 0 Å².